The van der Waals surface area contributed by atoms with E-state index in [1.54, 1.807) is 25.4 Å². The number of pyridine rings is 1. The molecule has 0 fully saturated rings. The van der Waals surface area contributed by atoms with E-state index < -0.39 is 10.2 Å². The molecule has 20 heavy (non-hydrogen) atoms. The average molecular weight is 300 g/mol. The third-order valence-corrected chi connectivity index (χ3v) is 4.34. The highest BCUT2D eigenvalue weighted by molar-refractivity contribution is 7.87. The minimum Gasteiger partial charge on any atom is -0.317 e. The molecule has 0 unspecified atom stereocenters. The Bertz CT molecular complexity index is 465. The summed E-state index contributed by atoms with van der Waals surface area (Å²) in [5.74, 6) is 0. The molecule has 6 nitrogen and oxygen atoms in total. The standard InChI is InChI=1S/C13H24N4O2S/c1-3-8-14-9-6-11-17(2)20(18,19)16-12-13-7-4-5-10-15-13/h4-5,7,10,14,16H,3,6,8-9,11-12H2,1-2H3. The minimum atomic E-state index is -3.44. The molecular weight excluding hydrogens is 276 g/mol. The van der Waals surface area contributed by atoms with E-state index in [-0.39, 0.29) is 6.54 Å². The molecule has 0 aliphatic carbocycles. The summed E-state index contributed by atoms with van der Waals surface area (Å²) in [6, 6.07) is 5.42. The maximum atomic E-state index is 12.0. The zero-order chi connectivity index (χ0) is 14.8. The van der Waals surface area contributed by atoms with Gasteiger partial charge in [-0.05, 0) is 38.1 Å². The summed E-state index contributed by atoms with van der Waals surface area (Å²) in [7, 11) is -1.85. The summed E-state index contributed by atoms with van der Waals surface area (Å²) in [4.78, 5) is 4.08. The normalized spacial score (nSPS) is 11.9. The second-order valence-corrected chi connectivity index (χ2v) is 6.43. The van der Waals surface area contributed by atoms with Crippen molar-refractivity contribution in [1.29, 1.82) is 0 Å². The van der Waals surface area contributed by atoms with Crippen LogP contribution in [0.3, 0.4) is 0 Å². The molecule has 0 saturated carbocycles. The first-order chi connectivity index (χ1) is 9.56. The van der Waals surface area contributed by atoms with Crippen LogP contribution in [0.15, 0.2) is 24.4 Å². The molecule has 0 radical (unpaired) electrons. The molecule has 114 valence electrons. The largest absolute Gasteiger partial charge is 0.317 e. The monoisotopic (exact) mass is 300 g/mol. The van der Waals surface area contributed by atoms with E-state index in [0.29, 0.717) is 12.2 Å². The molecule has 2 N–H and O–H groups in total. The van der Waals surface area contributed by atoms with Crippen LogP contribution >= 0.6 is 0 Å². The van der Waals surface area contributed by atoms with Crippen LogP contribution in [0.25, 0.3) is 0 Å². The van der Waals surface area contributed by atoms with Gasteiger partial charge in [0.15, 0.2) is 0 Å². The van der Waals surface area contributed by atoms with Crippen LogP contribution in [-0.2, 0) is 16.8 Å². The van der Waals surface area contributed by atoms with Gasteiger partial charge in [-0.1, -0.05) is 13.0 Å². The fourth-order valence-electron chi connectivity index (χ4n) is 1.63. The molecule has 0 aliphatic rings. The van der Waals surface area contributed by atoms with Crippen LogP contribution in [-0.4, -0.2) is 44.4 Å². The van der Waals surface area contributed by atoms with Crippen LogP contribution in [0.4, 0.5) is 0 Å². The first-order valence-electron chi connectivity index (χ1n) is 6.88. The molecule has 1 heterocycles. The highest BCUT2D eigenvalue weighted by Crippen LogP contribution is 1.99. The Hall–Kier alpha value is -1.02. The van der Waals surface area contributed by atoms with Gasteiger partial charge in [0, 0.05) is 19.8 Å². The number of nitrogens with one attached hydrogen (secondary N) is 2. The number of rotatable bonds is 10. The van der Waals surface area contributed by atoms with Crippen molar-refractivity contribution in [2.45, 2.75) is 26.3 Å². The summed E-state index contributed by atoms with van der Waals surface area (Å²) in [5, 5.41) is 3.25. The van der Waals surface area contributed by atoms with E-state index in [1.807, 2.05) is 6.07 Å². The van der Waals surface area contributed by atoms with Crippen molar-refractivity contribution in [2.24, 2.45) is 0 Å². The van der Waals surface area contributed by atoms with E-state index in [4.69, 9.17) is 0 Å². The van der Waals surface area contributed by atoms with Gasteiger partial charge in [0.1, 0.15) is 0 Å². The van der Waals surface area contributed by atoms with E-state index in [9.17, 15) is 8.42 Å². The average Bonchev–Trinajstić information content (AvgIpc) is 2.46. The van der Waals surface area contributed by atoms with Gasteiger partial charge < -0.3 is 5.32 Å². The summed E-state index contributed by atoms with van der Waals surface area (Å²) in [6.45, 7) is 4.60. The van der Waals surface area contributed by atoms with Crippen molar-refractivity contribution >= 4 is 10.2 Å². The summed E-state index contributed by atoms with van der Waals surface area (Å²) < 4.78 is 27.9. The van der Waals surface area contributed by atoms with Crippen LogP contribution < -0.4 is 10.0 Å². The third kappa shape index (κ3) is 6.42. The number of hydrogen-bond donors (Lipinski definition) is 2. The highest BCUT2D eigenvalue weighted by Gasteiger charge is 2.16. The molecule has 7 heteroatoms. The molecule has 0 amide bonds. The Balaban J connectivity index is 2.32. The second-order valence-electron chi connectivity index (χ2n) is 4.57. The zero-order valence-corrected chi connectivity index (χ0v) is 13.0. The molecule has 1 rings (SSSR count). The molecule has 0 saturated heterocycles. The zero-order valence-electron chi connectivity index (χ0n) is 12.2. The Morgan fingerprint density at radius 2 is 2.10 bits per heavy atom. The predicted octanol–water partition coefficient (Wildman–Crippen LogP) is 0.738. The lowest BCUT2D eigenvalue weighted by Crippen LogP contribution is -2.39. The molecule has 0 aromatic carbocycles. The molecular formula is C13H24N4O2S. The fourth-order valence-corrected chi connectivity index (χ4v) is 2.55. The van der Waals surface area contributed by atoms with Crippen LogP contribution in [0.1, 0.15) is 25.5 Å². The minimum absolute atomic E-state index is 0.210. The highest BCUT2D eigenvalue weighted by atomic mass is 32.2. The Morgan fingerprint density at radius 1 is 1.30 bits per heavy atom. The Kier molecular flexibility index (Phi) is 7.68. The maximum Gasteiger partial charge on any atom is 0.279 e. The fraction of sp³-hybridized carbons (Fsp3) is 0.615. The van der Waals surface area contributed by atoms with Crippen molar-refractivity contribution in [1.82, 2.24) is 19.3 Å². The lowest BCUT2D eigenvalue weighted by atomic mass is 10.4. The summed E-state index contributed by atoms with van der Waals surface area (Å²) in [6.07, 6.45) is 3.52. The van der Waals surface area contributed by atoms with Gasteiger partial charge in [-0.25, -0.2) is 0 Å². The van der Waals surface area contributed by atoms with Gasteiger partial charge in [0.05, 0.1) is 12.2 Å². The lowest BCUT2D eigenvalue weighted by molar-refractivity contribution is 0.444. The van der Waals surface area contributed by atoms with Gasteiger partial charge in [-0.2, -0.15) is 17.4 Å². The molecule has 1 aromatic rings. The molecule has 0 atom stereocenters. The van der Waals surface area contributed by atoms with Gasteiger partial charge in [-0.15, -0.1) is 0 Å². The molecule has 0 bridgehead atoms. The van der Waals surface area contributed by atoms with Crippen molar-refractivity contribution in [2.75, 3.05) is 26.7 Å². The van der Waals surface area contributed by atoms with Gasteiger partial charge in [0.25, 0.3) is 10.2 Å². The van der Waals surface area contributed by atoms with Crippen molar-refractivity contribution in [3.05, 3.63) is 30.1 Å². The van der Waals surface area contributed by atoms with Crippen molar-refractivity contribution in [3.63, 3.8) is 0 Å². The van der Waals surface area contributed by atoms with Crippen molar-refractivity contribution < 1.29 is 8.42 Å². The number of hydrogen-bond acceptors (Lipinski definition) is 4. The van der Waals surface area contributed by atoms with E-state index in [2.05, 4.69) is 21.9 Å². The molecule has 0 spiro atoms. The smallest absolute Gasteiger partial charge is 0.279 e. The SMILES string of the molecule is CCCNCCCN(C)S(=O)(=O)NCc1ccccn1. The second kappa shape index (κ2) is 9.02. The van der Waals surface area contributed by atoms with Gasteiger partial charge in [-0.3, -0.25) is 4.98 Å². The van der Waals surface area contributed by atoms with E-state index in [0.717, 1.165) is 25.9 Å². The molecule has 0 aliphatic heterocycles. The van der Waals surface area contributed by atoms with Crippen LogP contribution in [0.2, 0.25) is 0 Å². The van der Waals surface area contributed by atoms with Crippen LogP contribution in [0, 0.1) is 0 Å². The quantitative estimate of drug-likeness (QED) is 0.625. The number of nitrogens with zero attached hydrogens (tertiary/aromatic N) is 2. The van der Waals surface area contributed by atoms with Crippen LogP contribution in [0.5, 0.6) is 0 Å². The molecule has 1 aromatic heterocycles. The summed E-state index contributed by atoms with van der Waals surface area (Å²) in [5.41, 5.74) is 0.703. The predicted molar refractivity (Wildman–Crippen MR) is 80.4 cm³/mol. The first kappa shape index (κ1) is 17.0. The van der Waals surface area contributed by atoms with E-state index in [1.165, 1.54) is 4.31 Å². The topological polar surface area (TPSA) is 74.3 Å². The lowest BCUT2D eigenvalue weighted by Gasteiger charge is -2.17. The summed E-state index contributed by atoms with van der Waals surface area (Å²) >= 11 is 0. The van der Waals surface area contributed by atoms with Crippen molar-refractivity contribution in [3.8, 4) is 0 Å². The Morgan fingerprint density at radius 3 is 2.75 bits per heavy atom. The Labute approximate surface area is 121 Å². The van der Waals surface area contributed by atoms with Gasteiger partial charge in [0.2, 0.25) is 0 Å². The number of aromatic nitrogens is 1. The maximum absolute atomic E-state index is 12.0. The third-order valence-electron chi connectivity index (χ3n) is 2.83. The first-order valence-corrected chi connectivity index (χ1v) is 8.32. The van der Waals surface area contributed by atoms with Gasteiger partial charge >= 0.3 is 0 Å². The van der Waals surface area contributed by atoms with E-state index >= 15 is 0 Å².